The molecule has 0 spiro atoms. The summed E-state index contributed by atoms with van der Waals surface area (Å²) in [5, 5.41) is 0.528. The minimum Gasteiger partial charge on any atom is -0.496 e. The second-order valence-corrected chi connectivity index (χ2v) is 6.34. The molecule has 1 aliphatic rings. The molecular weight excluding hydrogens is 242 g/mol. The van der Waals surface area contributed by atoms with E-state index in [9.17, 15) is 0 Å². The normalized spacial score (nSPS) is 28.1. The van der Waals surface area contributed by atoms with Crippen LogP contribution in [0.1, 0.15) is 32.6 Å². The summed E-state index contributed by atoms with van der Waals surface area (Å²) in [4.78, 5) is 1.22. The Morgan fingerprint density at radius 2 is 2.11 bits per heavy atom. The minimum absolute atomic E-state index is 0.322. The summed E-state index contributed by atoms with van der Waals surface area (Å²) < 4.78 is 5.41. The van der Waals surface area contributed by atoms with Gasteiger partial charge in [-0.05, 0) is 37.3 Å². The molecule has 3 atom stereocenters. The monoisotopic (exact) mass is 265 g/mol. The number of hydrogen-bond donors (Lipinski definition) is 1. The van der Waals surface area contributed by atoms with Crippen molar-refractivity contribution in [1.82, 2.24) is 0 Å². The highest BCUT2D eigenvalue weighted by Crippen LogP contribution is 2.39. The zero-order valence-electron chi connectivity index (χ0n) is 11.3. The summed E-state index contributed by atoms with van der Waals surface area (Å²) in [6.45, 7) is 2.28. The predicted molar refractivity (Wildman–Crippen MR) is 78.2 cm³/mol. The van der Waals surface area contributed by atoms with Crippen LogP contribution in [0.2, 0.25) is 0 Å². The van der Waals surface area contributed by atoms with Crippen molar-refractivity contribution < 1.29 is 4.74 Å². The largest absolute Gasteiger partial charge is 0.496 e. The fraction of sp³-hybridized carbons (Fsp3) is 0.600. The van der Waals surface area contributed by atoms with Crippen LogP contribution in [0.4, 0.5) is 0 Å². The van der Waals surface area contributed by atoms with Crippen LogP contribution in [0.15, 0.2) is 29.2 Å². The van der Waals surface area contributed by atoms with Gasteiger partial charge in [0.25, 0.3) is 0 Å². The van der Waals surface area contributed by atoms with Gasteiger partial charge < -0.3 is 10.5 Å². The molecule has 1 fully saturated rings. The Hall–Kier alpha value is -0.670. The quantitative estimate of drug-likeness (QED) is 0.901. The van der Waals surface area contributed by atoms with Gasteiger partial charge in [-0.2, -0.15) is 0 Å². The van der Waals surface area contributed by atoms with Crippen LogP contribution in [0.3, 0.4) is 0 Å². The van der Waals surface area contributed by atoms with Crippen molar-refractivity contribution in [3.05, 3.63) is 24.3 Å². The van der Waals surface area contributed by atoms with Crippen molar-refractivity contribution >= 4 is 11.8 Å². The number of para-hydroxylation sites is 1. The van der Waals surface area contributed by atoms with Gasteiger partial charge in [0.05, 0.1) is 7.11 Å². The number of benzene rings is 1. The predicted octanol–water partition coefficient (Wildman–Crippen LogP) is 3.69. The Kier molecular flexibility index (Phi) is 4.95. The van der Waals surface area contributed by atoms with Crippen LogP contribution >= 0.6 is 11.8 Å². The lowest BCUT2D eigenvalue weighted by molar-refractivity contribution is 0.327. The third-order valence-electron chi connectivity index (χ3n) is 3.88. The average Bonchev–Trinajstić information content (AvgIpc) is 2.42. The first-order valence-electron chi connectivity index (χ1n) is 6.79. The molecule has 0 radical (unpaired) electrons. The maximum absolute atomic E-state index is 6.27. The van der Waals surface area contributed by atoms with E-state index in [0.29, 0.717) is 11.3 Å². The molecule has 0 saturated heterocycles. The molecule has 18 heavy (non-hydrogen) atoms. The van der Waals surface area contributed by atoms with Gasteiger partial charge >= 0.3 is 0 Å². The standard InChI is InChI=1S/C15H23NOS/c1-3-11-8-9-12(16)15(10-11)18-14-7-5-4-6-13(14)17-2/h4-7,11-12,15H,3,8-10,16H2,1-2H3. The van der Waals surface area contributed by atoms with E-state index in [4.69, 9.17) is 10.5 Å². The van der Waals surface area contributed by atoms with E-state index in [2.05, 4.69) is 19.1 Å². The molecule has 0 bridgehead atoms. The van der Waals surface area contributed by atoms with E-state index in [0.717, 1.165) is 18.1 Å². The lowest BCUT2D eigenvalue weighted by atomic mass is 9.84. The van der Waals surface area contributed by atoms with Gasteiger partial charge in [-0.3, -0.25) is 0 Å². The average molecular weight is 265 g/mol. The molecule has 0 amide bonds. The number of rotatable bonds is 4. The molecular formula is C15H23NOS. The van der Waals surface area contributed by atoms with Crippen LogP contribution in [0.5, 0.6) is 5.75 Å². The number of hydrogen-bond acceptors (Lipinski definition) is 3. The summed E-state index contributed by atoms with van der Waals surface area (Å²) in [6.07, 6.45) is 4.96. The first-order valence-corrected chi connectivity index (χ1v) is 7.67. The van der Waals surface area contributed by atoms with Crippen LogP contribution in [0, 0.1) is 5.92 Å². The van der Waals surface area contributed by atoms with Gasteiger partial charge in [-0.15, -0.1) is 11.8 Å². The van der Waals surface area contributed by atoms with Crippen molar-refractivity contribution in [2.24, 2.45) is 11.7 Å². The number of ether oxygens (including phenoxy) is 1. The maximum atomic E-state index is 6.27. The third-order valence-corrected chi connectivity index (χ3v) is 5.31. The number of thioether (sulfide) groups is 1. The Bertz CT molecular complexity index is 383. The summed E-state index contributed by atoms with van der Waals surface area (Å²) in [6, 6.07) is 8.55. The Labute approximate surface area is 114 Å². The number of nitrogens with two attached hydrogens (primary N) is 1. The van der Waals surface area contributed by atoms with Crippen molar-refractivity contribution in [2.75, 3.05) is 7.11 Å². The molecule has 2 nitrogen and oxygen atoms in total. The Morgan fingerprint density at radius 1 is 1.33 bits per heavy atom. The van der Waals surface area contributed by atoms with Crippen molar-refractivity contribution in [1.29, 1.82) is 0 Å². The smallest absolute Gasteiger partial charge is 0.132 e. The van der Waals surface area contributed by atoms with E-state index in [1.54, 1.807) is 7.11 Å². The molecule has 0 aliphatic heterocycles. The molecule has 0 heterocycles. The van der Waals surface area contributed by atoms with Crippen molar-refractivity contribution in [2.45, 2.75) is 48.8 Å². The Morgan fingerprint density at radius 3 is 2.83 bits per heavy atom. The molecule has 2 N–H and O–H groups in total. The van der Waals surface area contributed by atoms with Crippen LogP contribution in [-0.2, 0) is 0 Å². The van der Waals surface area contributed by atoms with E-state index >= 15 is 0 Å². The highest BCUT2D eigenvalue weighted by Gasteiger charge is 2.28. The van der Waals surface area contributed by atoms with E-state index in [-0.39, 0.29) is 0 Å². The van der Waals surface area contributed by atoms with Crippen molar-refractivity contribution in [3.8, 4) is 5.75 Å². The summed E-state index contributed by atoms with van der Waals surface area (Å²) >= 11 is 1.89. The second kappa shape index (κ2) is 6.48. The van der Waals surface area contributed by atoms with E-state index in [1.165, 1.54) is 24.2 Å². The molecule has 0 aromatic heterocycles. The van der Waals surface area contributed by atoms with Gasteiger partial charge in [-0.1, -0.05) is 25.5 Å². The van der Waals surface area contributed by atoms with Crippen molar-refractivity contribution in [3.63, 3.8) is 0 Å². The zero-order chi connectivity index (χ0) is 13.0. The Balaban J connectivity index is 2.07. The van der Waals surface area contributed by atoms with Crippen LogP contribution in [0.25, 0.3) is 0 Å². The highest BCUT2D eigenvalue weighted by atomic mass is 32.2. The van der Waals surface area contributed by atoms with Gasteiger partial charge in [-0.25, -0.2) is 0 Å². The van der Waals surface area contributed by atoms with Gasteiger partial charge in [0.2, 0.25) is 0 Å². The number of methoxy groups -OCH3 is 1. The lowest BCUT2D eigenvalue weighted by Crippen LogP contribution is -2.38. The topological polar surface area (TPSA) is 35.2 Å². The zero-order valence-corrected chi connectivity index (χ0v) is 12.1. The fourth-order valence-corrected chi connectivity index (χ4v) is 4.05. The lowest BCUT2D eigenvalue weighted by Gasteiger charge is -2.33. The first-order chi connectivity index (χ1) is 8.74. The molecule has 1 aliphatic carbocycles. The van der Waals surface area contributed by atoms with Gasteiger partial charge in [0.15, 0.2) is 0 Å². The minimum atomic E-state index is 0.322. The molecule has 100 valence electrons. The van der Waals surface area contributed by atoms with E-state index in [1.807, 2.05) is 23.9 Å². The molecule has 3 unspecified atom stereocenters. The second-order valence-electron chi connectivity index (χ2n) is 5.06. The van der Waals surface area contributed by atoms with Gasteiger partial charge in [0.1, 0.15) is 5.75 Å². The molecule has 1 saturated carbocycles. The van der Waals surface area contributed by atoms with Crippen LogP contribution < -0.4 is 10.5 Å². The SMILES string of the molecule is CCC1CCC(N)C(Sc2ccccc2OC)C1. The summed E-state index contributed by atoms with van der Waals surface area (Å²) in [5.74, 6) is 1.81. The molecule has 2 rings (SSSR count). The third kappa shape index (κ3) is 3.21. The summed E-state index contributed by atoms with van der Waals surface area (Å²) in [5.41, 5.74) is 6.27. The van der Waals surface area contributed by atoms with E-state index < -0.39 is 0 Å². The molecule has 3 heteroatoms. The molecule has 1 aromatic carbocycles. The molecule has 1 aromatic rings. The first kappa shape index (κ1) is 13.8. The maximum Gasteiger partial charge on any atom is 0.132 e. The summed E-state index contributed by atoms with van der Waals surface area (Å²) in [7, 11) is 1.73. The fourth-order valence-electron chi connectivity index (χ4n) is 2.62. The van der Waals surface area contributed by atoms with Crippen LogP contribution in [-0.4, -0.2) is 18.4 Å². The highest BCUT2D eigenvalue weighted by molar-refractivity contribution is 8.00. The van der Waals surface area contributed by atoms with Gasteiger partial charge in [0, 0.05) is 16.2 Å².